The van der Waals surface area contributed by atoms with Gasteiger partial charge < -0.3 is 15.0 Å². The minimum atomic E-state index is -0.122. The van der Waals surface area contributed by atoms with Crippen LogP contribution in [0.15, 0.2) is 60.8 Å². The molecule has 31 heavy (non-hydrogen) atoms. The van der Waals surface area contributed by atoms with Crippen molar-refractivity contribution < 1.29 is 9.53 Å². The summed E-state index contributed by atoms with van der Waals surface area (Å²) in [6.07, 6.45) is 2.81. The standard InChI is InChI=1S/C25H30N4O2/c1-28(2)22(17-29-14-12-19-7-3-4-8-21(19)16-29)15-27-24(30)18-31-23-11-5-9-20-10-6-13-26-25(20)23/h3-11,13,22H,12,14-18H2,1-2H3,(H,27,30). The van der Waals surface area contributed by atoms with Crippen LogP contribution in [0.2, 0.25) is 0 Å². The molecule has 0 fully saturated rings. The van der Waals surface area contributed by atoms with Gasteiger partial charge in [-0.3, -0.25) is 14.7 Å². The number of carbonyl (C=O) groups excluding carboxylic acids is 1. The van der Waals surface area contributed by atoms with Gasteiger partial charge in [0.05, 0.1) is 0 Å². The first-order valence-corrected chi connectivity index (χ1v) is 10.8. The van der Waals surface area contributed by atoms with E-state index in [9.17, 15) is 4.79 Å². The Hall–Kier alpha value is -2.96. The summed E-state index contributed by atoms with van der Waals surface area (Å²) in [7, 11) is 4.12. The van der Waals surface area contributed by atoms with Crippen LogP contribution in [0.4, 0.5) is 0 Å². The van der Waals surface area contributed by atoms with E-state index in [0.717, 1.165) is 37.0 Å². The zero-order valence-electron chi connectivity index (χ0n) is 18.3. The molecule has 1 unspecified atom stereocenters. The maximum atomic E-state index is 12.4. The average Bonchev–Trinajstić information content (AvgIpc) is 2.80. The number of aromatic nitrogens is 1. The van der Waals surface area contributed by atoms with E-state index in [1.165, 1.54) is 11.1 Å². The van der Waals surface area contributed by atoms with Crippen LogP contribution in [0, 0.1) is 0 Å². The monoisotopic (exact) mass is 418 g/mol. The van der Waals surface area contributed by atoms with Crippen molar-refractivity contribution in [3.05, 3.63) is 71.9 Å². The smallest absolute Gasteiger partial charge is 0.257 e. The number of ether oxygens (including phenoxy) is 1. The van der Waals surface area contributed by atoms with Crippen LogP contribution in [0.25, 0.3) is 10.9 Å². The van der Waals surface area contributed by atoms with E-state index in [0.29, 0.717) is 12.3 Å². The summed E-state index contributed by atoms with van der Waals surface area (Å²) in [5, 5.41) is 4.03. The Labute approximate surface area is 183 Å². The number of nitrogens with zero attached hydrogens (tertiary/aromatic N) is 3. The molecule has 3 aromatic rings. The first kappa shape index (κ1) is 21.3. The van der Waals surface area contributed by atoms with Crippen LogP contribution in [0.1, 0.15) is 11.1 Å². The number of benzene rings is 2. The molecule has 1 N–H and O–H groups in total. The molecule has 6 heteroatoms. The van der Waals surface area contributed by atoms with Gasteiger partial charge in [0.25, 0.3) is 5.91 Å². The number of rotatable bonds is 8. The fourth-order valence-electron chi connectivity index (χ4n) is 4.04. The van der Waals surface area contributed by atoms with Gasteiger partial charge in [0.15, 0.2) is 6.61 Å². The van der Waals surface area contributed by atoms with Crippen LogP contribution in [-0.4, -0.2) is 67.1 Å². The molecule has 0 saturated heterocycles. The van der Waals surface area contributed by atoms with Crippen LogP contribution < -0.4 is 10.1 Å². The van der Waals surface area contributed by atoms with Crippen molar-refractivity contribution in [2.24, 2.45) is 0 Å². The quantitative estimate of drug-likeness (QED) is 0.610. The predicted molar refractivity (Wildman–Crippen MR) is 123 cm³/mol. The van der Waals surface area contributed by atoms with E-state index >= 15 is 0 Å². The molecule has 0 bridgehead atoms. The lowest BCUT2D eigenvalue weighted by molar-refractivity contribution is -0.123. The number of likely N-dealkylation sites (N-methyl/N-ethyl adjacent to an activating group) is 1. The molecule has 2 heterocycles. The molecule has 6 nitrogen and oxygen atoms in total. The minimum Gasteiger partial charge on any atom is -0.481 e. The first-order chi connectivity index (χ1) is 15.1. The highest BCUT2D eigenvalue weighted by Crippen LogP contribution is 2.23. The Morgan fingerprint density at radius 3 is 2.77 bits per heavy atom. The second-order valence-corrected chi connectivity index (χ2v) is 8.30. The van der Waals surface area contributed by atoms with E-state index in [4.69, 9.17) is 4.74 Å². The van der Waals surface area contributed by atoms with E-state index in [-0.39, 0.29) is 18.6 Å². The Balaban J connectivity index is 1.28. The van der Waals surface area contributed by atoms with Gasteiger partial charge in [-0.05, 0) is 43.8 Å². The predicted octanol–water partition coefficient (Wildman–Crippen LogP) is 2.72. The van der Waals surface area contributed by atoms with Gasteiger partial charge in [-0.1, -0.05) is 42.5 Å². The van der Waals surface area contributed by atoms with Crippen LogP contribution in [0.5, 0.6) is 5.75 Å². The van der Waals surface area contributed by atoms with Crippen LogP contribution >= 0.6 is 0 Å². The van der Waals surface area contributed by atoms with Gasteiger partial charge in [0.2, 0.25) is 0 Å². The Morgan fingerprint density at radius 1 is 1.13 bits per heavy atom. The lowest BCUT2D eigenvalue weighted by atomic mass is 9.99. The molecule has 1 atom stereocenters. The molecule has 0 spiro atoms. The van der Waals surface area contributed by atoms with Gasteiger partial charge >= 0.3 is 0 Å². The molecule has 0 saturated carbocycles. The molecule has 1 aliphatic rings. The largest absolute Gasteiger partial charge is 0.481 e. The number of hydrogen-bond acceptors (Lipinski definition) is 5. The molecule has 1 amide bonds. The zero-order chi connectivity index (χ0) is 21.6. The van der Waals surface area contributed by atoms with Gasteiger partial charge in [-0.25, -0.2) is 0 Å². The first-order valence-electron chi connectivity index (χ1n) is 10.8. The third-order valence-electron chi connectivity index (χ3n) is 5.90. The molecular weight excluding hydrogens is 388 g/mol. The number of pyridine rings is 1. The number of fused-ring (bicyclic) bond motifs is 2. The molecular formula is C25H30N4O2. The van der Waals surface area contributed by atoms with Crippen molar-refractivity contribution in [2.75, 3.05) is 40.3 Å². The number of hydrogen-bond donors (Lipinski definition) is 1. The van der Waals surface area contributed by atoms with E-state index in [2.05, 4.69) is 58.5 Å². The third-order valence-corrected chi connectivity index (χ3v) is 5.90. The number of para-hydroxylation sites is 1. The number of nitrogens with one attached hydrogen (secondary N) is 1. The molecule has 1 aliphatic heterocycles. The van der Waals surface area contributed by atoms with E-state index in [1.807, 2.05) is 30.3 Å². The lowest BCUT2D eigenvalue weighted by Crippen LogP contribution is -2.49. The van der Waals surface area contributed by atoms with E-state index < -0.39 is 0 Å². The maximum Gasteiger partial charge on any atom is 0.257 e. The summed E-state index contributed by atoms with van der Waals surface area (Å²) in [5.74, 6) is 0.508. The van der Waals surface area contributed by atoms with Crippen molar-refractivity contribution >= 4 is 16.8 Å². The van der Waals surface area contributed by atoms with Crippen LogP contribution in [-0.2, 0) is 17.8 Å². The molecule has 4 rings (SSSR count). The molecule has 1 aromatic heterocycles. The SMILES string of the molecule is CN(C)C(CNC(=O)COc1cccc2cccnc12)CN1CCc2ccccc2C1. The second-order valence-electron chi connectivity index (χ2n) is 8.30. The summed E-state index contributed by atoms with van der Waals surface area (Å²) < 4.78 is 5.76. The molecule has 162 valence electrons. The minimum absolute atomic E-state index is 0.0209. The zero-order valence-corrected chi connectivity index (χ0v) is 18.3. The van der Waals surface area contributed by atoms with Gasteiger partial charge in [-0.15, -0.1) is 0 Å². The number of amides is 1. The highest BCUT2D eigenvalue weighted by atomic mass is 16.5. The summed E-state index contributed by atoms with van der Waals surface area (Å²) in [5.41, 5.74) is 3.63. The Bertz CT molecular complexity index is 1030. The van der Waals surface area contributed by atoms with Gasteiger partial charge in [-0.2, -0.15) is 0 Å². The fraction of sp³-hybridized carbons (Fsp3) is 0.360. The Morgan fingerprint density at radius 2 is 1.94 bits per heavy atom. The normalized spacial score (nSPS) is 14.9. The van der Waals surface area contributed by atoms with E-state index in [1.54, 1.807) is 6.20 Å². The van der Waals surface area contributed by atoms with Crippen LogP contribution in [0.3, 0.4) is 0 Å². The van der Waals surface area contributed by atoms with Crippen molar-refractivity contribution in [3.8, 4) is 5.75 Å². The highest BCUT2D eigenvalue weighted by molar-refractivity contribution is 5.85. The molecule has 0 radical (unpaired) electrons. The molecule has 0 aliphatic carbocycles. The van der Waals surface area contributed by atoms with Crippen molar-refractivity contribution in [3.63, 3.8) is 0 Å². The lowest BCUT2D eigenvalue weighted by Gasteiger charge is -2.34. The summed E-state index contributed by atoms with van der Waals surface area (Å²) >= 11 is 0. The van der Waals surface area contributed by atoms with Gasteiger partial charge in [0.1, 0.15) is 11.3 Å². The Kier molecular flexibility index (Phi) is 6.79. The van der Waals surface area contributed by atoms with Crippen molar-refractivity contribution in [1.29, 1.82) is 0 Å². The summed E-state index contributed by atoms with van der Waals surface area (Å²) in [4.78, 5) is 21.5. The number of carbonyl (C=O) groups is 1. The fourth-order valence-corrected chi connectivity index (χ4v) is 4.04. The maximum absolute atomic E-state index is 12.4. The topological polar surface area (TPSA) is 57.7 Å². The average molecular weight is 419 g/mol. The summed E-state index contributed by atoms with van der Waals surface area (Å²) in [6.45, 7) is 3.49. The third kappa shape index (κ3) is 5.40. The van der Waals surface area contributed by atoms with Crippen molar-refractivity contribution in [2.45, 2.75) is 19.0 Å². The summed E-state index contributed by atoms with van der Waals surface area (Å²) in [6, 6.07) is 18.5. The van der Waals surface area contributed by atoms with Gasteiger partial charge in [0, 0.05) is 43.8 Å². The van der Waals surface area contributed by atoms with Crippen molar-refractivity contribution in [1.82, 2.24) is 20.1 Å². The second kappa shape index (κ2) is 9.90. The molecule has 2 aromatic carbocycles. The highest BCUT2D eigenvalue weighted by Gasteiger charge is 2.21.